The molecule has 2 aromatic heterocycles. The van der Waals surface area contributed by atoms with E-state index in [1.165, 1.54) is 6.20 Å². The molecule has 0 amide bonds. The molecule has 8 nitrogen and oxygen atoms in total. The number of rotatable bonds is 4. The molecule has 21 heavy (non-hydrogen) atoms. The molecule has 0 aliphatic heterocycles. The zero-order chi connectivity index (χ0) is 15.0. The number of hydrogen-bond donors (Lipinski definition) is 2. The minimum Gasteiger partial charge on any atom is -0.403 e. The van der Waals surface area contributed by atoms with Crippen LogP contribution < -0.4 is 5.32 Å². The van der Waals surface area contributed by atoms with E-state index in [1.807, 2.05) is 13.8 Å². The van der Waals surface area contributed by atoms with Gasteiger partial charge in [-0.2, -0.15) is 0 Å². The highest BCUT2D eigenvalue weighted by molar-refractivity contribution is 5.91. The Hall–Kier alpha value is -2.90. The van der Waals surface area contributed by atoms with E-state index in [-0.39, 0.29) is 11.7 Å². The molecule has 0 aliphatic carbocycles. The van der Waals surface area contributed by atoms with Gasteiger partial charge in [-0.1, -0.05) is 5.10 Å². The van der Waals surface area contributed by atoms with Gasteiger partial charge in [-0.05, 0) is 32.0 Å². The fourth-order valence-corrected chi connectivity index (χ4v) is 2.04. The van der Waals surface area contributed by atoms with Crippen molar-refractivity contribution in [1.29, 1.82) is 0 Å². The van der Waals surface area contributed by atoms with Crippen molar-refractivity contribution in [2.45, 2.75) is 19.9 Å². The quantitative estimate of drug-likeness (QED) is 0.564. The summed E-state index contributed by atoms with van der Waals surface area (Å²) in [7, 11) is 0. The third kappa shape index (κ3) is 2.42. The third-order valence-corrected chi connectivity index (χ3v) is 2.94. The van der Waals surface area contributed by atoms with Gasteiger partial charge in [-0.25, -0.2) is 0 Å². The van der Waals surface area contributed by atoms with Crippen molar-refractivity contribution < 1.29 is 9.34 Å². The van der Waals surface area contributed by atoms with Crippen LogP contribution in [0.1, 0.15) is 13.8 Å². The van der Waals surface area contributed by atoms with Crippen LogP contribution in [0.2, 0.25) is 0 Å². The predicted molar refractivity (Wildman–Crippen MR) is 77.0 cm³/mol. The number of fused-ring (bicyclic) bond motifs is 1. The Morgan fingerprint density at radius 1 is 1.38 bits per heavy atom. The van der Waals surface area contributed by atoms with Gasteiger partial charge in [-0.15, -0.1) is 5.10 Å². The van der Waals surface area contributed by atoms with E-state index < -0.39 is 4.92 Å². The van der Waals surface area contributed by atoms with Gasteiger partial charge >= 0.3 is 6.01 Å². The van der Waals surface area contributed by atoms with Crippen molar-refractivity contribution in [3.8, 4) is 11.5 Å². The van der Waals surface area contributed by atoms with Crippen molar-refractivity contribution in [3.05, 3.63) is 34.5 Å². The molecular weight excluding hydrogens is 274 g/mol. The summed E-state index contributed by atoms with van der Waals surface area (Å²) in [5.41, 5.74) is 1.34. The first-order valence-corrected chi connectivity index (χ1v) is 6.40. The van der Waals surface area contributed by atoms with Crippen molar-refractivity contribution in [1.82, 2.24) is 15.2 Å². The van der Waals surface area contributed by atoms with Crippen LogP contribution >= 0.6 is 0 Å². The molecule has 0 unspecified atom stereocenters. The monoisotopic (exact) mass is 287 g/mol. The predicted octanol–water partition coefficient (Wildman–Crippen LogP) is 2.95. The average molecular weight is 287 g/mol. The van der Waals surface area contributed by atoms with E-state index in [9.17, 15) is 10.1 Å². The molecule has 0 saturated heterocycles. The first kappa shape index (κ1) is 13.1. The van der Waals surface area contributed by atoms with Gasteiger partial charge in [-0.3, -0.25) is 10.1 Å². The fraction of sp³-hybridized carbons (Fsp3) is 0.231. The maximum Gasteiger partial charge on any atom is 0.315 e. The van der Waals surface area contributed by atoms with Crippen LogP contribution in [0, 0.1) is 10.1 Å². The van der Waals surface area contributed by atoms with E-state index in [2.05, 4.69) is 20.5 Å². The van der Waals surface area contributed by atoms with Crippen LogP contribution in [0.15, 0.2) is 28.8 Å². The molecule has 2 N–H and O–H groups in total. The van der Waals surface area contributed by atoms with E-state index in [0.29, 0.717) is 28.4 Å². The molecule has 0 spiro atoms. The highest BCUT2D eigenvalue weighted by atomic mass is 16.6. The molecular formula is C13H13N5O3. The number of aromatic nitrogens is 3. The van der Waals surface area contributed by atoms with Crippen molar-refractivity contribution in [3.63, 3.8) is 0 Å². The zero-order valence-electron chi connectivity index (χ0n) is 11.5. The molecule has 0 aliphatic rings. The maximum atomic E-state index is 11.0. The number of H-pyrrole nitrogens is 1. The maximum absolute atomic E-state index is 11.0. The van der Waals surface area contributed by atoms with Crippen LogP contribution in [0.25, 0.3) is 22.4 Å². The molecule has 0 fully saturated rings. The molecule has 3 rings (SSSR count). The summed E-state index contributed by atoms with van der Waals surface area (Å²) < 4.78 is 5.49. The number of nitrogens with one attached hydrogen (secondary N) is 2. The Kier molecular flexibility index (Phi) is 3.05. The van der Waals surface area contributed by atoms with E-state index in [4.69, 9.17) is 4.42 Å². The van der Waals surface area contributed by atoms with Crippen LogP contribution in [-0.4, -0.2) is 26.1 Å². The second kappa shape index (κ2) is 4.89. The lowest BCUT2D eigenvalue weighted by molar-refractivity contribution is -0.383. The summed E-state index contributed by atoms with van der Waals surface area (Å²) in [5, 5.41) is 22.3. The summed E-state index contributed by atoms with van der Waals surface area (Å²) in [6, 6.07) is 5.68. The number of anilines is 1. The first-order chi connectivity index (χ1) is 10.0. The first-order valence-electron chi connectivity index (χ1n) is 6.40. The lowest BCUT2D eigenvalue weighted by Gasteiger charge is -2.02. The van der Waals surface area contributed by atoms with Crippen molar-refractivity contribution in [2.75, 3.05) is 5.32 Å². The molecule has 8 heteroatoms. The van der Waals surface area contributed by atoms with E-state index in [1.54, 1.807) is 18.2 Å². The summed E-state index contributed by atoms with van der Waals surface area (Å²) in [4.78, 5) is 13.4. The minimum atomic E-state index is -0.428. The Balaban J connectivity index is 2.02. The summed E-state index contributed by atoms with van der Waals surface area (Å²) >= 11 is 0. The topological polar surface area (TPSA) is 110 Å². The van der Waals surface area contributed by atoms with Crippen LogP contribution in [-0.2, 0) is 0 Å². The molecule has 108 valence electrons. The number of hydrogen-bond acceptors (Lipinski definition) is 6. The second-order valence-corrected chi connectivity index (χ2v) is 4.90. The summed E-state index contributed by atoms with van der Waals surface area (Å²) in [5.74, 6) is 0.315. The normalized spacial score (nSPS) is 11.2. The fourth-order valence-electron chi connectivity index (χ4n) is 2.04. The summed E-state index contributed by atoms with van der Waals surface area (Å²) in [6.45, 7) is 3.91. The number of nitro groups is 1. The van der Waals surface area contributed by atoms with E-state index in [0.717, 1.165) is 0 Å². The van der Waals surface area contributed by atoms with Gasteiger partial charge in [0.05, 0.1) is 22.0 Å². The Morgan fingerprint density at radius 2 is 2.19 bits per heavy atom. The second-order valence-electron chi connectivity index (χ2n) is 4.90. The molecule has 0 radical (unpaired) electrons. The Morgan fingerprint density at radius 3 is 2.90 bits per heavy atom. The molecule has 1 aromatic carbocycles. The summed E-state index contributed by atoms with van der Waals surface area (Å²) in [6.07, 6.45) is 1.37. The average Bonchev–Trinajstić information content (AvgIpc) is 3.03. The largest absolute Gasteiger partial charge is 0.403 e. The zero-order valence-corrected chi connectivity index (χ0v) is 11.5. The van der Waals surface area contributed by atoms with Crippen molar-refractivity contribution in [2.24, 2.45) is 0 Å². The van der Waals surface area contributed by atoms with E-state index >= 15 is 0 Å². The highest BCUT2D eigenvalue weighted by Gasteiger charge is 2.16. The van der Waals surface area contributed by atoms with Gasteiger partial charge in [0, 0.05) is 11.6 Å². The van der Waals surface area contributed by atoms with Crippen LogP contribution in [0.4, 0.5) is 11.7 Å². The van der Waals surface area contributed by atoms with Crippen LogP contribution in [0.3, 0.4) is 0 Å². The SMILES string of the molecule is CC(C)Nc1nnc(-c2ccc3[nH]cc([N+](=O)[O-])c3c2)o1. The molecule has 0 bridgehead atoms. The third-order valence-electron chi connectivity index (χ3n) is 2.94. The van der Waals surface area contributed by atoms with Gasteiger partial charge in [0.2, 0.25) is 5.89 Å². The number of nitrogens with zero attached hydrogens (tertiary/aromatic N) is 3. The van der Waals surface area contributed by atoms with Crippen molar-refractivity contribution >= 4 is 22.6 Å². The Labute approximate surface area is 119 Å². The van der Waals surface area contributed by atoms with Gasteiger partial charge in [0.1, 0.15) is 0 Å². The standard InChI is InChI=1S/C13H13N5O3/c1-7(2)15-13-17-16-12(21-13)8-3-4-10-9(5-8)11(6-14-10)18(19)20/h3-7,14H,1-2H3,(H,15,17). The smallest absolute Gasteiger partial charge is 0.315 e. The Bertz CT molecular complexity index is 805. The van der Waals surface area contributed by atoms with Gasteiger partial charge in [0.15, 0.2) is 0 Å². The molecule has 2 heterocycles. The van der Waals surface area contributed by atoms with Gasteiger partial charge < -0.3 is 14.7 Å². The van der Waals surface area contributed by atoms with Gasteiger partial charge in [0.25, 0.3) is 5.69 Å². The highest BCUT2D eigenvalue weighted by Crippen LogP contribution is 2.30. The number of aromatic amines is 1. The minimum absolute atomic E-state index is 0.0203. The molecule has 0 atom stereocenters. The number of benzene rings is 1. The lowest BCUT2D eigenvalue weighted by Crippen LogP contribution is -2.09. The van der Waals surface area contributed by atoms with Crippen LogP contribution in [0.5, 0.6) is 0 Å². The lowest BCUT2D eigenvalue weighted by atomic mass is 10.1. The molecule has 0 saturated carbocycles. The molecule has 3 aromatic rings.